The third kappa shape index (κ3) is 3.10. The molecule has 0 spiro atoms. The van der Waals surface area contributed by atoms with E-state index in [0.29, 0.717) is 5.92 Å². The summed E-state index contributed by atoms with van der Waals surface area (Å²) in [6.45, 7) is 4.10. The third-order valence-corrected chi connectivity index (χ3v) is 6.26. The van der Waals surface area contributed by atoms with Gasteiger partial charge in [-0.25, -0.2) is 9.97 Å². The molecule has 140 valence electrons. The molecule has 1 atom stereocenters. The summed E-state index contributed by atoms with van der Waals surface area (Å²) in [7, 11) is 1.43. The lowest BCUT2D eigenvalue weighted by Gasteiger charge is -2.19. The predicted octanol–water partition coefficient (Wildman–Crippen LogP) is 4.78. The molecule has 0 bridgehead atoms. The number of fused-ring (bicyclic) bond motifs is 3. The molecule has 0 amide bonds. The molecule has 7 nitrogen and oxygen atoms in total. The number of benzene rings is 1. The number of nitro groups is 1. The first-order valence-electron chi connectivity index (χ1n) is 8.83. The molecular formula is C19H20N4O3S. The van der Waals surface area contributed by atoms with Crippen LogP contribution in [-0.4, -0.2) is 22.0 Å². The van der Waals surface area contributed by atoms with Crippen LogP contribution in [0.3, 0.4) is 0 Å². The van der Waals surface area contributed by atoms with Crippen molar-refractivity contribution in [2.45, 2.75) is 33.1 Å². The Morgan fingerprint density at radius 3 is 2.93 bits per heavy atom. The molecule has 27 heavy (non-hydrogen) atoms. The van der Waals surface area contributed by atoms with E-state index in [1.807, 2.05) is 6.92 Å². The summed E-state index contributed by atoms with van der Waals surface area (Å²) in [4.78, 5) is 22.1. The van der Waals surface area contributed by atoms with E-state index in [2.05, 4.69) is 22.2 Å². The number of hydrogen-bond donors (Lipinski definition) is 1. The van der Waals surface area contributed by atoms with Crippen molar-refractivity contribution in [1.82, 2.24) is 9.97 Å². The number of rotatable bonds is 4. The first-order chi connectivity index (χ1) is 13.0. The van der Waals surface area contributed by atoms with Gasteiger partial charge in [0.1, 0.15) is 17.0 Å². The van der Waals surface area contributed by atoms with E-state index >= 15 is 0 Å². The van der Waals surface area contributed by atoms with E-state index < -0.39 is 4.92 Å². The number of nitrogens with one attached hydrogen (secondary N) is 1. The van der Waals surface area contributed by atoms with Crippen LogP contribution in [0.25, 0.3) is 10.2 Å². The van der Waals surface area contributed by atoms with Gasteiger partial charge in [0.25, 0.3) is 0 Å². The Labute approximate surface area is 160 Å². The van der Waals surface area contributed by atoms with Gasteiger partial charge in [-0.2, -0.15) is 0 Å². The highest BCUT2D eigenvalue weighted by atomic mass is 32.1. The number of nitro benzene ring substituents is 1. The Morgan fingerprint density at radius 2 is 2.19 bits per heavy atom. The van der Waals surface area contributed by atoms with Gasteiger partial charge >= 0.3 is 5.69 Å². The molecule has 2 heterocycles. The van der Waals surface area contributed by atoms with Gasteiger partial charge in [0.15, 0.2) is 5.75 Å². The van der Waals surface area contributed by atoms with Gasteiger partial charge in [-0.15, -0.1) is 11.3 Å². The third-order valence-electron chi connectivity index (χ3n) is 5.06. The number of thiophene rings is 1. The van der Waals surface area contributed by atoms with Gasteiger partial charge in [0, 0.05) is 22.7 Å². The van der Waals surface area contributed by atoms with Crippen LogP contribution >= 0.6 is 11.3 Å². The lowest BCUT2D eigenvalue weighted by molar-refractivity contribution is -0.385. The van der Waals surface area contributed by atoms with Crippen LogP contribution in [-0.2, 0) is 12.8 Å². The van der Waals surface area contributed by atoms with Crippen molar-refractivity contribution in [3.8, 4) is 5.75 Å². The van der Waals surface area contributed by atoms with E-state index in [1.165, 1.54) is 30.0 Å². The van der Waals surface area contributed by atoms with Crippen molar-refractivity contribution >= 4 is 38.7 Å². The summed E-state index contributed by atoms with van der Waals surface area (Å²) in [6.07, 6.45) is 4.88. The number of anilines is 2. The molecule has 0 fully saturated rings. The van der Waals surface area contributed by atoms with Crippen LogP contribution in [0.2, 0.25) is 0 Å². The zero-order valence-corrected chi connectivity index (χ0v) is 16.2. The lowest BCUT2D eigenvalue weighted by atomic mass is 9.88. The average Bonchev–Trinajstić information content (AvgIpc) is 3.01. The van der Waals surface area contributed by atoms with Crippen LogP contribution in [0.1, 0.15) is 29.3 Å². The quantitative estimate of drug-likeness (QED) is 0.514. The van der Waals surface area contributed by atoms with Crippen LogP contribution in [0.4, 0.5) is 17.2 Å². The first-order valence-corrected chi connectivity index (χ1v) is 9.65. The number of methoxy groups -OCH3 is 1. The second-order valence-electron chi connectivity index (χ2n) is 6.98. The molecular weight excluding hydrogens is 364 g/mol. The molecule has 0 saturated heterocycles. The summed E-state index contributed by atoms with van der Waals surface area (Å²) in [5.74, 6) is 1.61. The summed E-state index contributed by atoms with van der Waals surface area (Å²) < 4.78 is 5.20. The zero-order valence-electron chi connectivity index (χ0n) is 15.4. The van der Waals surface area contributed by atoms with Crippen molar-refractivity contribution < 1.29 is 9.66 Å². The molecule has 1 aliphatic rings. The molecule has 8 heteroatoms. The summed E-state index contributed by atoms with van der Waals surface area (Å²) >= 11 is 1.74. The largest absolute Gasteiger partial charge is 0.490 e. The minimum absolute atomic E-state index is 0.0462. The van der Waals surface area contributed by atoms with E-state index in [0.717, 1.165) is 40.1 Å². The molecule has 2 aromatic heterocycles. The number of ether oxygens (including phenoxy) is 1. The highest BCUT2D eigenvalue weighted by molar-refractivity contribution is 7.19. The topological polar surface area (TPSA) is 90.2 Å². The minimum atomic E-state index is -0.435. The molecule has 4 rings (SSSR count). The SMILES string of the molecule is COc1cc(Nc2ncnc3sc4c(c23)CC(C)CC4)c(C)cc1[N+](=O)[O-]. The Kier molecular flexibility index (Phi) is 4.43. The van der Waals surface area contributed by atoms with Gasteiger partial charge in [-0.05, 0) is 43.2 Å². The zero-order chi connectivity index (χ0) is 19.1. The highest BCUT2D eigenvalue weighted by Crippen LogP contribution is 2.41. The molecule has 3 aromatic rings. The van der Waals surface area contributed by atoms with Crippen molar-refractivity contribution in [3.05, 3.63) is 44.6 Å². The molecule has 1 N–H and O–H groups in total. The summed E-state index contributed by atoms with van der Waals surface area (Å²) in [5.41, 5.74) is 2.78. The van der Waals surface area contributed by atoms with Gasteiger partial charge < -0.3 is 10.1 Å². The monoisotopic (exact) mass is 384 g/mol. The Hall–Kier alpha value is -2.74. The normalized spacial score (nSPS) is 16.2. The number of aromatic nitrogens is 2. The van der Waals surface area contributed by atoms with Gasteiger partial charge in [-0.3, -0.25) is 10.1 Å². The molecule has 1 aliphatic carbocycles. The summed E-state index contributed by atoms with van der Waals surface area (Å²) in [5, 5.41) is 15.6. The maximum absolute atomic E-state index is 11.2. The fourth-order valence-electron chi connectivity index (χ4n) is 3.62. The second-order valence-corrected chi connectivity index (χ2v) is 8.06. The van der Waals surface area contributed by atoms with E-state index in [1.54, 1.807) is 23.7 Å². The molecule has 1 unspecified atom stereocenters. The van der Waals surface area contributed by atoms with Crippen molar-refractivity contribution in [2.75, 3.05) is 12.4 Å². The van der Waals surface area contributed by atoms with Crippen molar-refractivity contribution in [1.29, 1.82) is 0 Å². The van der Waals surface area contributed by atoms with Crippen molar-refractivity contribution in [3.63, 3.8) is 0 Å². The maximum atomic E-state index is 11.2. The van der Waals surface area contributed by atoms with Gasteiger partial charge in [-0.1, -0.05) is 6.92 Å². The lowest BCUT2D eigenvalue weighted by Crippen LogP contribution is -2.09. The smallest absolute Gasteiger partial charge is 0.311 e. The Balaban J connectivity index is 1.81. The highest BCUT2D eigenvalue weighted by Gasteiger charge is 2.24. The van der Waals surface area contributed by atoms with E-state index in [4.69, 9.17) is 4.74 Å². The Morgan fingerprint density at radius 1 is 1.37 bits per heavy atom. The van der Waals surface area contributed by atoms with Crippen LogP contribution in [0.5, 0.6) is 5.75 Å². The van der Waals surface area contributed by atoms with Crippen LogP contribution in [0, 0.1) is 23.0 Å². The fourth-order valence-corrected chi connectivity index (χ4v) is 4.80. The second kappa shape index (κ2) is 6.77. The summed E-state index contributed by atoms with van der Waals surface area (Å²) in [6, 6.07) is 3.17. The first kappa shape index (κ1) is 17.7. The number of nitrogens with zero attached hydrogens (tertiary/aromatic N) is 3. The Bertz CT molecular complexity index is 1050. The molecule has 0 radical (unpaired) electrons. The maximum Gasteiger partial charge on any atom is 0.311 e. The standard InChI is InChI=1S/C19H20N4O3S/c1-10-4-5-16-12(6-10)17-18(20-9-21-19(17)27-16)22-13-8-15(26-3)14(23(24)25)7-11(13)2/h7-10H,4-6H2,1-3H3,(H,20,21,22). The number of hydrogen-bond acceptors (Lipinski definition) is 7. The number of aryl methyl sites for hydroxylation is 2. The van der Waals surface area contributed by atoms with Gasteiger partial charge in [0.05, 0.1) is 17.4 Å². The van der Waals surface area contributed by atoms with E-state index in [-0.39, 0.29) is 11.4 Å². The molecule has 0 aliphatic heterocycles. The van der Waals surface area contributed by atoms with E-state index in [9.17, 15) is 10.1 Å². The van der Waals surface area contributed by atoms with Crippen molar-refractivity contribution in [2.24, 2.45) is 5.92 Å². The average molecular weight is 384 g/mol. The fraction of sp³-hybridized carbons (Fsp3) is 0.368. The van der Waals surface area contributed by atoms with Gasteiger partial charge in [0.2, 0.25) is 0 Å². The molecule has 1 aromatic carbocycles. The predicted molar refractivity (Wildman–Crippen MR) is 106 cm³/mol. The van der Waals surface area contributed by atoms with Crippen LogP contribution in [0.15, 0.2) is 18.5 Å². The minimum Gasteiger partial charge on any atom is -0.490 e. The van der Waals surface area contributed by atoms with Crippen LogP contribution < -0.4 is 10.1 Å². The molecule has 0 saturated carbocycles.